The van der Waals surface area contributed by atoms with Crippen molar-refractivity contribution in [3.8, 4) is 0 Å². The summed E-state index contributed by atoms with van der Waals surface area (Å²) in [5.74, 6) is 0. The zero-order valence-corrected chi connectivity index (χ0v) is 14.4. The maximum absolute atomic E-state index is 7.08. The van der Waals surface area contributed by atoms with E-state index in [-0.39, 0.29) is 0 Å². The molecular formula is C21H16N6. The van der Waals surface area contributed by atoms with Gasteiger partial charge in [0.05, 0.1) is 22.8 Å². The standard InChI is InChI=1S/C20H14N4.CH2N2/c1-2-14-10-16-5-6-18(23-16)12-20-8-7-19(24-20)11-17-4-3-15(22-17)9-13(1)21-14;1-3-2/h1-12,21-22H;1H2. The highest BCUT2D eigenvalue weighted by molar-refractivity contribution is 5.77. The van der Waals surface area contributed by atoms with Gasteiger partial charge in [0.1, 0.15) is 0 Å². The number of nitrogens with one attached hydrogen (secondary N) is 2. The average Bonchev–Trinajstić information content (AvgIpc) is 3.41. The van der Waals surface area contributed by atoms with E-state index in [2.05, 4.69) is 61.8 Å². The van der Waals surface area contributed by atoms with E-state index in [9.17, 15) is 0 Å². The molecule has 0 aromatic carbocycles. The third-order valence-corrected chi connectivity index (χ3v) is 4.04. The maximum Gasteiger partial charge on any atom is 0.245 e. The molecule has 8 bridgehead atoms. The lowest BCUT2D eigenvalue weighted by Crippen LogP contribution is -1.77. The summed E-state index contributed by atoms with van der Waals surface area (Å²) < 4.78 is 0. The zero-order valence-electron chi connectivity index (χ0n) is 14.4. The molecule has 0 fully saturated rings. The summed E-state index contributed by atoms with van der Waals surface area (Å²) in [6.45, 7) is 2.67. The largest absolute Gasteiger partial charge is 0.362 e. The van der Waals surface area contributed by atoms with E-state index in [0.717, 1.165) is 44.8 Å². The van der Waals surface area contributed by atoms with Gasteiger partial charge in [-0.2, -0.15) is 4.79 Å². The van der Waals surface area contributed by atoms with Gasteiger partial charge >= 0.3 is 0 Å². The van der Waals surface area contributed by atoms with Gasteiger partial charge < -0.3 is 15.5 Å². The molecule has 0 saturated carbocycles. The van der Waals surface area contributed by atoms with Crippen LogP contribution < -0.4 is 0 Å². The lowest BCUT2D eigenvalue weighted by Gasteiger charge is -1.86. The highest BCUT2D eigenvalue weighted by Crippen LogP contribution is 2.17. The third-order valence-electron chi connectivity index (χ3n) is 4.04. The second kappa shape index (κ2) is 7.07. The molecule has 5 heterocycles. The van der Waals surface area contributed by atoms with Crippen LogP contribution in [0.2, 0.25) is 0 Å². The Morgan fingerprint density at radius 3 is 1.37 bits per heavy atom. The highest BCUT2D eigenvalue weighted by atomic mass is 14.8. The maximum atomic E-state index is 7.08. The minimum atomic E-state index is 0.915. The summed E-state index contributed by atoms with van der Waals surface area (Å²) in [4.78, 5) is 18.3. The SMILES string of the molecule is C1=Cc2cc3ccc(cc4ccc(cc5nc(cc1n2)C=C5)[nH]4)[nH]3.C=[N+]=[N-]. The molecule has 2 aliphatic heterocycles. The van der Waals surface area contributed by atoms with E-state index < -0.39 is 0 Å². The zero-order chi connectivity index (χ0) is 18.6. The van der Waals surface area contributed by atoms with Crippen LogP contribution in [0.3, 0.4) is 0 Å². The Bertz CT molecular complexity index is 1160. The highest BCUT2D eigenvalue weighted by Gasteiger charge is 2.02. The number of nitrogens with zero attached hydrogens (tertiary/aromatic N) is 4. The molecule has 0 spiro atoms. The van der Waals surface area contributed by atoms with Crippen molar-refractivity contribution in [2.45, 2.75) is 0 Å². The van der Waals surface area contributed by atoms with Gasteiger partial charge in [-0.15, -0.1) is 0 Å². The quantitative estimate of drug-likeness (QED) is 0.243. The van der Waals surface area contributed by atoms with Crippen molar-refractivity contribution < 1.29 is 4.79 Å². The first-order valence-electron chi connectivity index (χ1n) is 8.36. The Kier molecular flexibility index (Phi) is 4.31. The summed E-state index contributed by atoms with van der Waals surface area (Å²) in [5.41, 5.74) is 14.9. The molecule has 2 N–H and O–H groups in total. The lowest BCUT2D eigenvalue weighted by molar-refractivity contribution is 0.0110. The van der Waals surface area contributed by atoms with Crippen LogP contribution in [-0.2, 0) is 0 Å². The summed E-state index contributed by atoms with van der Waals surface area (Å²) in [6.07, 6.45) is 8.05. The first kappa shape index (κ1) is 16.4. The van der Waals surface area contributed by atoms with Gasteiger partial charge in [-0.1, -0.05) is 0 Å². The van der Waals surface area contributed by atoms with Gasteiger partial charge in [0.15, 0.2) is 0 Å². The van der Waals surface area contributed by atoms with E-state index in [1.54, 1.807) is 0 Å². The van der Waals surface area contributed by atoms with Crippen LogP contribution in [0.15, 0.2) is 48.5 Å². The number of H-pyrrole nitrogens is 2. The Morgan fingerprint density at radius 2 is 0.963 bits per heavy atom. The van der Waals surface area contributed by atoms with E-state index in [1.807, 2.05) is 42.5 Å². The van der Waals surface area contributed by atoms with Crippen molar-refractivity contribution in [2.24, 2.45) is 0 Å². The van der Waals surface area contributed by atoms with Gasteiger partial charge in [-0.3, -0.25) is 0 Å². The molecule has 130 valence electrons. The van der Waals surface area contributed by atoms with Gasteiger partial charge in [0.25, 0.3) is 0 Å². The van der Waals surface area contributed by atoms with E-state index in [1.165, 1.54) is 0 Å². The Hall–Kier alpha value is -4.02. The van der Waals surface area contributed by atoms with Crippen LogP contribution in [0.4, 0.5) is 0 Å². The van der Waals surface area contributed by atoms with Crippen LogP contribution in [0.1, 0.15) is 22.8 Å². The molecule has 0 radical (unpaired) electrons. The number of aromatic amines is 2. The molecule has 2 aliphatic rings. The average molecular weight is 352 g/mol. The second-order valence-electron chi connectivity index (χ2n) is 6.05. The van der Waals surface area contributed by atoms with E-state index in [0.29, 0.717) is 0 Å². The summed E-state index contributed by atoms with van der Waals surface area (Å²) in [5, 5.41) is 0. The molecule has 0 amide bonds. The predicted molar refractivity (Wildman–Crippen MR) is 110 cm³/mol. The van der Waals surface area contributed by atoms with Crippen molar-refractivity contribution in [1.29, 1.82) is 0 Å². The van der Waals surface area contributed by atoms with Crippen LogP contribution in [0.25, 0.3) is 51.9 Å². The molecule has 3 aromatic rings. The Morgan fingerprint density at radius 1 is 0.630 bits per heavy atom. The van der Waals surface area contributed by atoms with Crippen molar-refractivity contribution in [3.05, 3.63) is 76.8 Å². The monoisotopic (exact) mass is 352 g/mol. The predicted octanol–water partition coefficient (Wildman–Crippen LogP) is 4.57. The molecule has 27 heavy (non-hydrogen) atoms. The van der Waals surface area contributed by atoms with Crippen molar-refractivity contribution in [3.63, 3.8) is 0 Å². The second-order valence-corrected chi connectivity index (χ2v) is 6.05. The van der Waals surface area contributed by atoms with Gasteiger partial charge in [-0.25, -0.2) is 9.97 Å². The van der Waals surface area contributed by atoms with Crippen molar-refractivity contribution in [1.82, 2.24) is 19.9 Å². The number of rotatable bonds is 0. The first-order valence-corrected chi connectivity index (χ1v) is 8.36. The van der Waals surface area contributed by atoms with Crippen LogP contribution >= 0.6 is 0 Å². The minimum absolute atomic E-state index is 0.915. The smallest absolute Gasteiger partial charge is 0.245 e. The van der Waals surface area contributed by atoms with Crippen LogP contribution in [0, 0.1) is 0 Å². The summed E-state index contributed by atoms with van der Waals surface area (Å²) in [7, 11) is 0. The topological polar surface area (TPSA) is 93.8 Å². The fraction of sp³-hybridized carbons (Fsp3) is 0. The summed E-state index contributed by atoms with van der Waals surface area (Å²) in [6, 6.07) is 16.4. The first-order chi connectivity index (χ1) is 13.2. The summed E-state index contributed by atoms with van der Waals surface area (Å²) >= 11 is 0. The Labute approximate surface area is 155 Å². The van der Waals surface area contributed by atoms with Crippen LogP contribution in [0.5, 0.6) is 0 Å². The number of fused-ring (bicyclic) bond motifs is 8. The van der Waals surface area contributed by atoms with Gasteiger partial charge in [0.2, 0.25) is 6.72 Å². The number of hydrogen-bond acceptors (Lipinski definition) is 2. The van der Waals surface area contributed by atoms with Crippen LogP contribution in [-0.4, -0.2) is 31.4 Å². The fourth-order valence-corrected chi connectivity index (χ4v) is 2.94. The van der Waals surface area contributed by atoms with E-state index >= 15 is 0 Å². The molecule has 6 nitrogen and oxygen atoms in total. The molecule has 3 aromatic heterocycles. The molecule has 6 heteroatoms. The fourth-order valence-electron chi connectivity index (χ4n) is 2.94. The van der Waals surface area contributed by atoms with Crippen molar-refractivity contribution >= 4 is 53.1 Å². The molecular weight excluding hydrogens is 336 g/mol. The minimum Gasteiger partial charge on any atom is -0.362 e. The van der Waals surface area contributed by atoms with E-state index in [4.69, 9.17) is 5.53 Å². The lowest BCUT2D eigenvalue weighted by atomic mass is 10.3. The molecule has 0 aliphatic carbocycles. The van der Waals surface area contributed by atoms with Gasteiger partial charge in [0, 0.05) is 22.1 Å². The number of hydrogen-bond donors (Lipinski definition) is 2. The normalized spacial score (nSPS) is 11.6. The van der Waals surface area contributed by atoms with Gasteiger partial charge in [-0.05, 0) is 72.8 Å². The van der Waals surface area contributed by atoms with Crippen molar-refractivity contribution in [2.75, 3.05) is 0 Å². The third kappa shape index (κ3) is 3.81. The Balaban J connectivity index is 0.000000565. The molecule has 0 unspecified atom stereocenters. The molecule has 5 rings (SSSR count). The molecule has 0 atom stereocenters. The molecule has 0 saturated heterocycles. The number of aromatic nitrogens is 4.